The normalized spacial score (nSPS) is 30.9. The molecule has 0 aliphatic carbocycles. The molecule has 2 fully saturated rings. The number of nitrogens with one attached hydrogen (secondary N) is 1. The van der Waals surface area contributed by atoms with Crippen molar-refractivity contribution in [2.24, 2.45) is 10.4 Å². The van der Waals surface area contributed by atoms with Crippen LogP contribution in [0.15, 0.2) is 4.99 Å². The number of likely N-dealkylation sites (tertiary alicyclic amines) is 1. The third-order valence-electron chi connectivity index (χ3n) is 6.31. The van der Waals surface area contributed by atoms with E-state index in [-0.39, 0.29) is 11.1 Å². The van der Waals surface area contributed by atoms with Gasteiger partial charge in [0.2, 0.25) is 0 Å². The van der Waals surface area contributed by atoms with Crippen LogP contribution in [0.5, 0.6) is 0 Å². The number of guanidine groups is 1. The van der Waals surface area contributed by atoms with Crippen molar-refractivity contribution in [1.29, 1.82) is 0 Å². The molecule has 2 aliphatic heterocycles. The van der Waals surface area contributed by atoms with Crippen LogP contribution in [0.25, 0.3) is 0 Å². The first-order chi connectivity index (χ1) is 10.9. The summed E-state index contributed by atoms with van der Waals surface area (Å²) in [6.45, 7) is 22.1. The number of nitrogens with zero attached hydrogens (tertiary/aromatic N) is 3. The Bertz CT molecular complexity index is 474. The van der Waals surface area contributed by atoms with E-state index in [1.165, 1.54) is 0 Å². The van der Waals surface area contributed by atoms with Crippen molar-refractivity contribution in [2.45, 2.75) is 78.7 Å². The maximum Gasteiger partial charge on any atom is 0.194 e. The van der Waals surface area contributed by atoms with E-state index in [2.05, 4.69) is 75.5 Å². The Morgan fingerprint density at radius 2 is 1.71 bits per heavy atom. The average Bonchev–Trinajstić information content (AvgIpc) is 2.45. The molecule has 5 nitrogen and oxygen atoms in total. The van der Waals surface area contributed by atoms with Crippen molar-refractivity contribution in [3.63, 3.8) is 0 Å². The molecule has 2 saturated heterocycles. The zero-order valence-corrected chi connectivity index (χ0v) is 17.2. The monoisotopic (exact) mass is 338 g/mol. The summed E-state index contributed by atoms with van der Waals surface area (Å²) in [4.78, 5) is 9.47. The SMILES string of the molecule is CN=C(NCC(C)(C)N1CC(C)OC(C)C1)N1CC(C)(C)C1(C)C. The number of rotatable bonds is 3. The summed E-state index contributed by atoms with van der Waals surface area (Å²) in [5.74, 6) is 1.02. The third-order valence-corrected chi connectivity index (χ3v) is 6.31. The molecule has 1 N–H and O–H groups in total. The van der Waals surface area contributed by atoms with Gasteiger partial charge in [-0.3, -0.25) is 9.89 Å². The first-order valence-corrected chi connectivity index (χ1v) is 9.29. The van der Waals surface area contributed by atoms with Crippen LogP contribution in [-0.2, 0) is 4.74 Å². The van der Waals surface area contributed by atoms with Crippen molar-refractivity contribution in [1.82, 2.24) is 15.1 Å². The molecule has 2 rings (SSSR count). The van der Waals surface area contributed by atoms with Crippen LogP contribution < -0.4 is 5.32 Å². The van der Waals surface area contributed by atoms with Crippen molar-refractivity contribution in [3.05, 3.63) is 0 Å². The Balaban J connectivity index is 1.98. The highest BCUT2D eigenvalue weighted by Crippen LogP contribution is 2.46. The number of hydrogen-bond donors (Lipinski definition) is 1. The Hall–Kier alpha value is -0.810. The van der Waals surface area contributed by atoms with Crippen LogP contribution in [0.1, 0.15) is 55.4 Å². The number of ether oxygens (including phenoxy) is 1. The van der Waals surface area contributed by atoms with E-state index in [1.807, 2.05) is 7.05 Å². The van der Waals surface area contributed by atoms with Crippen molar-refractivity contribution >= 4 is 5.96 Å². The molecule has 0 aromatic carbocycles. The summed E-state index contributed by atoms with van der Waals surface area (Å²) in [6.07, 6.45) is 0.588. The summed E-state index contributed by atoms with van der Waals surface area (Å²) < 4.78 is 5.88. The van der Waals surface area contributed by atoms with Crippen LogP contribution in [-0.4, -0.2) is 72.3 Å². The van der Waals surface area contributed by atoms with E-state index in [9.17, 15) is 0 Å². The average molecular weight is 339 g/mol. The molecule has 0 saturated carbocycles. The molecular weight excluding hydrogens is 300 g/mol. The smallest absolute Gasteiger partial charge is 0.194 e. The number of morpholine rings is 1. The lowest BCUT2D eigenvalue weighted by Gasteiger charge is -2.62. The van der Waals surface area contributed by atoms with Gasteiger partial charge in [-0.05, 0) is 41.5 Å². The molecule has 0 spiro atoms. The van der Waals surface area contributed by atoms with Crippen LogP contribution in [0.2, 0.25) is 0 Å². The fraction of sp³-hybridized carbons (Fsp3) is 0.947. The highest BCUT2D eigenvalue weighted by atomic mass is 16.5. The van der Waals surface area contributed by atoms with Gasteiger partial charge in [0, 0.05) is 49.7 Å². The lowest BCUT2D eigenvalue weighted by Crippen LogP contribution is -2.73. The van der Waals surface area contributed by atoms with Gasteiger partial charge in [0.1, 0.15) is 0 Å². The van der Waals surface area contributed by atoms with E-state index in [0.29, 0.717) is 17.6 Å². The molecule has 140 valence electrons. The Morgan fingerprint density at radius 1 is 1.17 bits per heavy atom. The van der Waals surface area contributed by atoms with Gasteiger partial charge < -0.3 is 15.0 Å². The van der Waals surface area contributed by atoms with Crippen LogP contribution in [0, 0.1) is 5.41 Å². The molecule has 2 heterocycles. The molecule has 0 aromatic rings. The van der Waals surface area contributed by atoms with Gasteiger partial charge in [-0.2, -0.15) is 0 Å². The van der Waals surface area contributed by atoms with E-state index >= 15 is 0 Å². The molecule has 2 aliphatic rings. The Kier molecular flexibility index (Phi) is 5.27. The van der Waals surface area contributed by atoms with Crippen molar-refractivity contribution in [2.75, 3.05) is 33.2 Å². The number of aliphatic imine (C=N–C) groups is 1. The minimum Gasteiger partial charge on any atom is -0.373 e. The van der Waals surface area contributed by atoms with E-state index < -0.39 is 0 Å². The predicted molar refractivity (Wildman–Crippen MR) is 102 cm³/mol. The predicted octanol–water partition coefficient (Wildman–Crippen LogP) is 2.57. The second kappa shape index (κ2) is 6.49. The number of hydrogen-bond acceptors (Lipinski definition) is 3. The second-order valence-corrected chi connectivity index (χ2v) is 9.40. The largest absolute Gasteiger partial charge is 0.373 e. The fourth-order valence-electron chi connectivity index (χ4n) is 3.77. The van der Waals surface area contributed by atoms with E-state index in [1.54, 1.807) is 0 Å². The molecule has 0 bridgehead atoms. The first kappa shape index (κ1) is 19.5. The Labute approximate surface area is 148 Å². The maximum absolute atomic E-state index is 5.88. The van der Waals surface area contributed by atoms with Crippen molar-refractivity contribution < 1.29 is 4.74 Å². The van der Waals surface area contributed by atoms with Gasteiger partial charge in [0.05, 0.1) is 12.2 Å². The van der Waals surface area contributed by atoms with Crippen LogP contribution in [0.4, 0.5) is 0 Å². The lowest BCUT2D eigenvalue weighted by atomic mass is 9.65. The fourth-order valence-corrected chi connectivity index (χ4v) is 3.77. The van der Waals surface area contributed by atoms with Gasteiger partial charge in [-0.15, -0.1) is 0 Å². The van der Waals surface area contributed by atoms with Crippen LogP contribution in [0.3, 0.4) is 0 Å². The summed E-state index contributed by atoms with van der Waals surface area (Å²) in [5, 5.41) is 3.63. The molecule has 0 aromatic heterocycles. The standard InChI is InChI=1S/C19H38N4O/c1-14-10-22(11-15(2)24-14)18(5,6)12-21-16(20-9)23-13-17(3,4)19(23,7)8/h14-15H,10-13H2,1-9H3,(H,20,21). The van der Waals surface area contributed by atoms with Gasteiger partial charge in [-0.1, -0.05) is 13.8 Å². The third kappa shape index (κ3) is 3.57. The molecule has 0 amide bonds. The molecule has 0 radical (unpaired) electrons. The van der Waals surface area contributed by atoms with Crippen LogP contribution >= 0.6 is 0 Å². The molecular formula is C19H38N4O. The Morgan fingerprint density at radius 3 is 2.12 bits per heavy atom. The van der Waals surface area contributed by atoms with Crippen molar-refractivity contribution in [3.8, 4) is 0 Å². The van der Waals surface area contributed by atoms with Gasteiger partial charge in [0.15, 0.2) is 5.96 Å². The highest BCUT2D eigenvalue weighted by Gasteiger charge is 2.53. The van der Waals surface area contributed by atoms with Gasteiger partial charge >= 0.3 is 0 Å². The molecule has 2 unspecified atom stereocenters. The lowest BCUT2D eigenvalue weighted by molar-refractivity contribution is -0.0954. The van der Waals surface area contributed by atoms with Gasteiger partial charge in [-0.25, -0.2) is 0 Å². The minimum atomic E-state index is 0.0623. The van der Waals surface area contributed by atoms with E-state index in [0.717, 1.165) is 32.1 Å². The topological polar surface area (TPSA) is 40.1 Å². The molecule has 2 atom stereocenters. The highest BCUT2D eigenvalue weighted by molar-refractivity contribution is 5.82. The summed E-state index contributed by atoms with van der Waals surface area (Å²) in [7, 11) is 1.88. The minimum absolute atomic E-state index is 0.0623. The summed E-state index contributed by atoms with van der Waals surface area (Å²) in [6, 6.07) is 0. The first-order valence-electron chi connectivity index (χ1n) is 9.29. The zero-order chi connectivity index (χ0) is 18.3. The second-order valence-electron chi connectivity index (χ2n) is 9.40. The summed E-state index contributed by atoms with van der Waals surface area (Å²) in [5.41, 5.74) is 0.503. The summed E-state index contributed by atoms with van der Waals surface area (Å²) >= 11 is 0. The van der Waals surface area contributed by atoms with E-state index in [4.69, 9.17) is 4.74 Å². The molecule has 24 heavy (non-hydrogen) atoms. The van der Waals surface area contributed by atoms with Gasteiger partial charge in [0.25, 0.3) is 0 Å². The zero-order valence-electron chi connectivity index (χ0n) is 17.2. The molecule has 5 heteroatoms. The maximum atomic E-state index is 5.88. The quantitative estimate of drug-likeness (QED) is 0.634.